The van der Waals surface area contributed by atoms with E-state index in [0.717, 1.165) is 38.8 Å². The molecule has 2 saturated carbocycles. The van der Waals surface area contributed by atoms with Crippen molar-refractivity contribution < 1.29 is 14.3 Å². The zero-order chi connectivity index (χ0) is 15.6. The van der Waals surface area contributed by atoms with Crippen LogP contribution in [0.3, 0.4) is 0 Å². The van der Waals surface area contributed by atoms with E-state index in [1.165, 1.54) is 0 Å². The fourth-order valence-corrected chi connectivity index (χ4v) is 5.25. The Morgan fingerprint density at radius 2 is 2.00 bits per heavy atom. The minimum Gasteiger partial charge on any atom is -0.486 e. The Bertz CT molecular complexity index is 694. The second-order valence-electron chi connectivity index (χ2n) is 7.55. The van der Waals surface area contributed by atoms with Gasteiger partial charge in [-0.1, -0.05) is 12.1 Å². The maximum atomic E-state index is 12.8. The highest BCUT2D eigenvalue weighted by Gasteiger charge is 2.71. The summed E-state index contributed by atoms with van der Waals surface area (Å²) in [6.45, 7) is 1.81. The van der Waals surface area contributed by atoms with Crippen LogP contribution in [0.1, 0.15) is 42.5 Å². The Hall–Kier alpha value is -1.84. The molecule has 2 aliphatic carbocycles. The van der Waals surface area contributed by atoms with Gasteiger partial charge in [0.25, 0.3) is 0 Å². The summed E-state index contributed by atoms with van der Waals surface area (Å²) in [7, 11) is 0. The normalized spacial score (nSPS) is 37.5. The fraction of sp³-hybridized carbons (Fsp3) is 0.579. The molecule has 4 aliphatic rings. The van der Waals surface area contributed by atoms with Crippen molar-refractivity contribution in [2.45, 2.75) is 37.7 Å². The lowest BCUT2D eigenvalue weighted by atomic mass is 9.84. The molecule has 1 aromatic rings. The molecule has 1 aromatic carbocycles. The molecule has 1 amide bonds. The third kappa shape index (κ3) is 1.84. The van der Waals surface area contributed by atoms with E-state index in [-0.39, 0.29) is 17.6 Å². The molecule has 4 atom stereocenters. The molecule has 5 rings (SSSR count). The topological polar surface area (TPSA) is 46.6 Å². The molecular formula is C19H21NO3. The molecule has 4 heteroatoms. The number of carbonyl (C=O) groups excluding carboxylic acids is 2. The van der Waals surface area contributed by atoms with Gasteiger partial charge in [0.1, 0.15) is 11.4 Å². The molecular weight excluding hydrogens is 290 g/mol. The monoisotopic (exact) mass is 311 g/mol. The van der Waals surface area contributed by atoms with Crippen molar-refractivity contribution in [1.29, 1.82) is 0 Å². The minimum atomic E-state index is -0.420. The van der Waals surface area contributed by atoms with Crippen LogP contribution in [0.2, 0.25) is 0 Å². The first kappa shape index (κ1) is 13.6. The van der Waals surface area contributed by atoms with E-state index in [1.54, 1.807) is 0 Å². The first-order chi connectivity index (χ1) is 11.2. The first-order valence-electron chi connectivity index (χ1n) is 8.80. The predicted molar refractivity (Wildman–Crippen MR) is 84.3 cm³/mol. The van der Waals surface area contributed by atoms with Crippen LogP contribution in [-0.2, 0) is 4.79 Å². The van der Waals surface area contributed by atoms with Crippen molar-refractivity contribution >= 4 is 11.7 Å². The number of fused-ring (bicyclic) bond motifs is 3. The van der Waals surface area contributed by atoms with Crippen molar-refractivity contribution in [3.05, 3.63) is 29.8 Å². The summed E-state index contributed by atoms with van der Waals surface area (Å²) < 4.78 is 6.36. The smallest absolute Gasteiger partial charge is 0.226 e. The van der Waals surface area contributed by atoms with Gasteiger partial charge in [-0.2, -0.15) is 0 Å². The Morgan fingerprint density at radius 1 is 1.22 bits per heavy atom. The van der Waals surface area contributed by atoms with Crippen LogP contribution in [0.25, 0.3) is 0 Å². The Kier molecular flexibility index (Phi) is 2.71. The molecule has 23 heavy (non-hydrogen) atoms. The van der Waals surface area contributed by atoms with Crippen LogP contribution in [0.5, 0.6) is 5.75 Å². The molecule has 2 heterocycles. The Balaban J connectivity index is 1.42. The standard InChI is InChI=1S/C19H21NO3/c21-14-11-19(23-15-6-2-1-5-12(14)15)8-7-13-16(17(13)19)18(22)20-9-3-4-10-20/h1-2,5-6,13,16-17H,3-4,7-11H2/t13-,16-,17-,19+/m1/s1. The van der Waals surface area contributed by atoms with Crippen molar-refractivity contribution in [3.8, 4) is 5.75 Å². The highest BCUT2D eigenvalue weighted by Crippen LogP contribution is 2.66. The van der Waals surface area contributed by atoms with Gasteiger partial charge in [0.2, 0.25) is 5.91 Å². The van der Waals surface area contributed by atoms with Gasteiger partial charge in [-0.3, -0.25) is 9.59 Å². The average Bonchev–Trinajstić information content (AvgIpc) is 2.89. The van der Waals surface area contributed by atoms with Crippen LogP contribution in [0.15, 0.2) is 24.3 Å². The van der Waals surface area contributed by atoms with Gasteiger partial charge < -0.3 is 9.64 Å². The predicted octanol–water partition coefficient (Wildman–Crippen LogP) is 2.67. The zero-order valence-electron chi connectivity index (χ0n) is 13.2. The quantitative estimate of drug-likeness (QED) is 0.801. The molecule has 4 nitrogen and oxygen atoms in total. The molecule has 0 aromatic heterocycles. The number of benzene rings is 1. The van der Waals surface area contributed by atoms with Crippen LogP contribution in [0.4, 0.5) is 0 Å². The van der Waals surface area contributed by atoms with E-state index >= 15 is 0 Å². The lowest BCUT2D eigenvalue weighted by Gasteiger charge is -2.37. The minimum absolute atomic E-state index is 0.0971. The van der Waals surface area contributed by atoms with E-state index in [4.69, 9.17) is 4.74 Å². The number of amides is 1. The number of carbonyl (C=O) groups is 2. The number of nitrogens with zero attached hydrogens (tertiary/aromatic N) is 1. The first-order valence-corrected chi connectivity index (χ1v) is 8.80. The largest absolute Gasteiger partial charge is 0.486 e. The van der Waals surface area contributed by atoms with Gasteiger partial charge in [-0.15, -0.1) is 0 Å². The third-order valence-electron chi connectivity index (χ3n) is 6.34. The van der Waals surface area contributed by atoms with Gasteiger partial charge in [-0.05, 0) is 43.7 Å². The molecule has 1 spiro atoms. The van der Waals surface area contributed by atoms with Gasteiger partial charge in [0.05, 0.1) is 12.0 Å². The number of para-hydroxylation sites is 1. The lowest BCUT2D eigenvalue weighted by molar-refractivity contribution is -0.133. The molecule has 0 bridgehead atoms. The van der Waals surface area contributed by atoms with Gasteiger partial charge in [0.15, 0.2) is 5.78 Å². The molecule has 3 fully saturated rings. The van der Waals surface area contributed by atoms with Crippen molar-refractivity contribution in [1.82, 2.24) is 4.90 Å². The van der Waals surface area contributed by atoms with E-state index < -0.39 is 5.60 Å². The van der Waals surface area contributed by atoms with E-state index in [0.29, 0.717) is 29.6 Å². The fourth-order valence-electron chi connectivity index (χ4n) is 5.25. The summed E-state index contributed by atoms with van der Waals surface area (Å²) in [5.41, 5.74) is 0.278. The van der Waals surface area contributed by atoms with Crippen LogP contribution >= 0.6 is 0 Å². The Labute approximate surface area is 135 Å². The zero-order valence-corrected chi connectivity index (χ0v) is 13.2. The van der Waals surface area contributed by atoms with Gasteiger partial charge in [-0.25, -0.2) is 0 Å². The summed E-state index contributed by atoms with van der Waals surface area (Å²) in [4.78, 5) is 27.4. The third-order valence-corrected chi connectivity index (χ3v) is 6.34. The lowest BCUT2D eigenvalue weighted by Crippen LogP contribution is -2.44. The number of ether oxygens (including phenoxy) is 1. The van der Waals surface area contributed by atoms with E-state index in [9.17, 15) is 9.59 Å². The second kappa shape index (κ2) is 4.59. The number of hydrogen-bond donors (Lipinski definition) is 0. The Morgan fingerprint density at radius 3 is 2.83 bits per heavy atom. The average molecular weight is 311 g/mol. The summed E-state index contributed by atoms with van der Waals surface area (Å²) in [5, 5.41) is 0. The summed E-state index contributed by atoms with van der Waals surface area (Å²) in [6.07, 6.45) is 4.62. The summed E-state index contributed by atoms with van der Waals surface area (Å²) >= 11 is 0. The summed E-state index contributed by atoms with van der Waals surface area (Å²) in [5.74, 6) is 1.97. The maximum absolute atomic E-state index is 12.8. The highest BCUT2D eigenvalue weighted by atomic mass is 16.5. The second-order valence-corrected chi connectivity index (χ2v) is 7.55. The van der Waals surface area contributed by atoms with E-state index in [1.807, 2.05) is 29.2 Å². The number of Topliss-reactive ketones (excluding diaryl/α,β-unsaturated/α-hetero) is 1. The SMILES string of the molecule is O=C1C[C@]2(CC[C@@H]3[C@@H](C(=O)N4CCCC4)[C@@H]32)Oc2ccccc21. The molecule has 0 unspecified atom stereocenters. The summed E-state index contributed by atoms with van der Waals surface area (Å²) in [6, 6.07) is 7.53. The molecule has 120 valence electrons. The number of likely N-dealkylation sites (tertiary alicyclic amines) is 1. The van der Waals surface area contributed by atoms with Crippen LogP contribution < -0.4 is 4.74 Å². The molecule has 0 radical (unpaired) electrons. The number of hydrogen-bond acceptors (Lipinski definition) is 3. The van der Waals surface area contributed by atoms with Crippen molar-refractivity contribution in [3.63, 3.8) is 0 Å². The number of ketones is 1. The van der Waals surface area contributed by atoms with E-state index in [2.05, 4.69) is 0 Å². The molecule has 2 aliphatic heterocycles. The molecule has 0 N–H and O–H groups in total. The van der Waals surface area contributed by atoms with Crippen molar-refractivity contribution in [2.75, 3.05) is 13.1 Å². The number of rotatable bonds is 1. The van der Waals surface area contributed by atoms with Crippen LogP contribution in [0, 0.1) is 17.8 Å². The highest BCUT2D eigenvalue weighted by molar-refractivity contribution is 6.00. The molecule has 1 saturated heterocycles. The van der Waals surface area contributed by atoms with Crippen molar-refractivity contribution in [2.24, 2.45) is 17.8 Å². The van der Waals surface area contributed by atoms with Gasteiger partial charge in [0, 0.05) is 24.9 Å². The maximum Gasteiger partial charge on any atom is 0.226 e. The van der Waals surface area contributed by atoms with Crippen LogP contribution in [-0.4, -0.2) is 35.3 Å². The van der Waals surface area contributed by atoms with Gasteiger partial charge >= 0.3 is 0 Å².